The molecule has 1 aromatic carbocycles. The van der Waals surface area contributed by atoms with Crippen LogP contribution in [0.3, 0.4) is 0 Å². The largest absolute Gasteiger partial charge is 0.573 e. The van der Waals surface area contributed by atoms with Crippen LogP contribution in [-0.2, 0) is 11.2 Å². The number of carboxylic acid groups (broad SMARTS) is 1. The van der Waals surface area contributed by atoms with Crippen molar-refractivity contribution < 1.29 is 32.5 Å². The number of aromatic nitrogens is 1. The van der Waals surface area contributed by atoms with Crippen molar-refractivity contribution in [2.45, 2.75) is 12.8 Å². The number of hydrogen-bond donors (Lipinski definition) is 1. The molecule has 0 aliphatic heterocycles. The summed E-state index contributed by atoms with van der Waals surface area (Å²) >= 11 is 0. The monoisotopic (exact) mass is 327 g/mol. The van der Waals surface area contributed by atoms with Gasteiger partial charge in [0.1, 0.15) is 17.2 Å². The lowest BCUT2D eigenvalue weighted by atomic mass is 10.1. The predicted molar refractivity (Wildman–Crippen MR) is 74.2 cm³/mol. The molecule has 1 N–H and O–H groups in total. The number of carboxylic acids is 1. The first kappa shape index (κ1) is 16.6. The molecule has 0 aliphatic carbocycles. The lowest BCUT2D eigenvalue weighted by molar-refractivity contribution is -0.274. The summed E-state index contributed by atoms with van der Waals surface area (Å²) in [6.07, 6.45) is -5.04. The molecule has 0 amide bonds. The number of benzene rings is 1. The van der Waals surface area contributed by atoms with Crippen molar-refractivity contribution in [1.82, 2.24) is 4.98 Å². The number of methoxy groups -OCH3 is 1. The Kier molecular flexibility index (Phi) is 4.73. The third kappa shape index (κ3) is 4.60. The van der Waals surface area contributed by atoms with Crippen molar-refractivity contribution >= 4 is 5.97 Å². The van der Waals surface area contributed by atoms with Crippen LogP contribution in [0.4, 0.5) is 13.2 Å². The van der Waals surface area contributed by atoms with Gasteiger partial charge in [-0.15, -0.1) is 13.2 Å². The van der Waals surface area contributed by atoms with Crippen LogP contribution in [0.5, 0.6) is 11.5 Å². The third-order valence-corrected chi connectivity index (χ3v) is 2.83. The van der Waals surface area contributed by atoms with E-state index in [1.165, 1.54) is 25.3 Å². The van der Waals surface area contributed by atoms with E-state index in [9.17, 15) is 18.0 Å². The summed E-state index contributed by atoms with van der Waals surface area (Å²) in [5, 5.41) is 8.81. The maximum absolute atomic E-state index is 12.1. The molecule has 2 rings (SSSR count). The predicted octanol–water partition coefficient (Wildman–Crippen LogP) is 3.28. The average molecular weight is 327 g/mol. The van der Waals surface area contributed by atoms with Crippen molar-refractivity contribution in [3.63, 3.8) is 0 Å². The number of nitrogens with zero attached hydrogens (tertiary/aromatic N) is 1. The first-order valence-corrected chi connectivity index (χ1v) is 6.40. The number of aliphatic carboxylic acids is 1. The highest BCUT2D eigenvalue weighted by Gasteiger charge is 2.31. The van der Waals surface area contributed by atoms with E-state index in [-0.39, 0.29) is 12.2 Å². The zero-order valence-corrected chi connectivity index (χ0v) is 11.9. The van der Waals surface area contributed by atoms with Crippen LogP contribution in [0.15, 0.2) is 36.4 Å². The maximum Gasteiger partial charge on any atom is 0.573 e. The Hall–Kier alpha value is -2.77. The summed E-state index contributed by atoms with van der Waals surface area (Å²) in [6, 6.07) is 8.13. The Bertz CT molecular complexity index is 699. The molecule has 0 radical (unpaired) electrons. The molecule has 0 saturated heterocycles. The van der Waals surface area contributed by atoms with Crippen LogP contribution in [0.1, 0.15) is 5.69 Å². The van der Waals surface area contributed by atoms with E-state index >= 15 is 0 Å². The van der Waals surface area contributed by atoms with E-state index in [0.717, 1.165) is 12.1 Å². The number of pyridine rings is 1. The van der Waals surface area contributed by atoms with Gasteiger partial charge in [-0.2, -0.15) is 0 Å². The van der Waals surface area contributed by atoms with Crippen LogP contribution >= 0.6 is 0 Å². The van der Waals surface area contributed by atoms with Gasteiger partial charge in [-0.25, -0.2) is 4.98 Å². The molecule has 0 spiro atoms. The zero-order valence-electron chi connectivity index (χ0n) is 11.9. The second kappa shape index (κ2) is 6.55. The molecule has 122 valence electrons. The highest BCUT2D eigenvalue weighted by Crippen LogP contribution is 2.31. The van der Waals surface area contributed by atoms with Gasteiger partial charge >= 0.3 is 12.3 Å². The molecule has 0 unspecified atom stereocenters. The lowest BCUT2D eigenvalue weighted by Crippen LogP contribution is -2.16. The SMILES string of the molecule is COc1ccc(CC(=O)O)nc1-c1ccc(OC(F)(F)F)cc1. The van der Waals surface area contributed by atoms with Crippen LogP contribution in [-0.4, -0.2) is 29.5 Å². The molecule has 0 saturated carbocycles. The van der Waals surface area contributed by atoms with Gasteiger partial charge in [-0.1, -0.05) is 0 Å². The second-order valence-corrected chi connectivity index (χ2v) is 4.50. The first-order valence-electron chi connectivity index (χ1n) is 6.40. The molecule has 0 aliphatic rings. The number of carbonyl (C=O) groups is 1. The van der Waals surface area contributed by atoms with E-state index < -0.39 is 12.3 Å². The van der Waals surface area contributed by atoms with E-state index in [4.69, 9.17) is 9.84 Å². The number of halogens is 3. The number of alkyl halides is 3. The molecule has 8 heteroatoms. The molecular formula is C15H12F3NO4. The van der Waals surface area contributed by atoms with E-state index in [2.05, 4.69) is 9.72 Å². The minimum absolute atomic E-state index is 0.272. The van der Waals surface area contributed by atoms with Gasteiger partial charge in [0.05, 0.1) is 19.2 Å². The molecule has 1 heterocycles. The van der Waals surface area contributed by atoms with Crippen LogP contribution in [0, 0.1) is 0 Å². The van der Waals surface area contributed by atoms with Gasteiger partial charge in [0.2, 0.25) is 0 Å². The van der Waals surface area contributed by atoms with Crippen LogP contribution < -0.4 is 9.47 Å². The summed E-state index contributed by atoms with van der Waals surface area (Å²) in [5.74, 6) is -1.02. The van der Waals surface area contributed by atoms with E-state index in [0.29, 0.717) is 22.7 Å². The molecular weight excluding hydrogens is 315 g/mol. The Labute approximate surface area is 129 Å². The molecule has 1 aromatic heterocycles. The smallest absolute Gasteiger partial charge is 0.494 e. The van der Waals surface area contributed by atoms with E-state index in [1.54, 1.807) is 6.07 Å². The Balaban J connectivity index is 2.34. The summed E-state index contributed by atoms with van der Waals surface area (Å²) in [4.78, 5) is 14.9. The van der Waals surface area contributed by atoms with Crippen molar-refractivity contribution in [1.29, 1.82) is 0 Å². The number of ether oxygens (including phenoxy) is 2. The summed E-state index contributed by atoms with van der Waals surface area (Å²) in [5.41, 5.74) is 1.12. The molecule has 0 fully saturated rings. The molecule has 0 atom stereocenters. The minimum atomic E-state index is -4.77. The quantitative estimate of drug-likeness (QED) is 0.913. The van der Waals surface area contributed by atoms with Gasteiger partial charge in [0.25, 0.3) is 0 Å². The first-order chi connectivity index (χ1) is 10.8. The molecule has 0 bridgehead atoms. The fraction of sp³-hybridized carbons (Fsp3) is 0.200. The zero-order chi connectivity index (χ0) is 17.0. The standard InChI is InChI=1S/C15H12F3NO4/c1-22-12-7-4-10(8-13(20)21)19-14(12)9-2-5-11(6-3-9)23-15(16,17)18/h2-7H,8H2,1H3,(H,20,21). The van der Waals surface area contributed by atoms with Crippen molar-refractivity contribution in [2.24, 2.45) is 0 Å². The third-order valence-electron chi connectivity index (χ3n) is 2.83. The van der Waals surface area contributed by atoms with Gasteiger partial charge in [-0.3, -0.25) is 4.79 Å². The van der Waals surface area contributed by atoms with Crippen molar-refractivity contribution in [3.8, 4) is 22.8 Å². The maximum atomic E-state index is 12.1. The van der Waals surface area contributed by atoms with Crippen LogP contribution in [0.2, 0.25) is 0 Å². The minimum Gasteiger partial charge on any atom is -0.494 e. The molecule has 5 nitrogen and oxygen atoms in total. The summed E-state index contributed by atoms with van der Waals surface area (Å²) < 4.78 is 45.4. The second-order valence-electron chi connectivity index (χ2n) is 4.50. The van der Waals surface area contributed by atoms with Gasteiger partial charge in [0.15, 0.2) is 0 Å². The van der Waals surface area contributed by atoms with Crippen LogP contribution in [0.25, 0.3) is 11.3 Å². The van der Waals surface area contributed by atoms with Crippen molar-refractivity contribution in [2.75, 3.05) is 7.11 Å². The highest BCUT2D eigenvalue weighted by atomic mass is 19.4. The van der Waals surface area contributed by atoms with Gasteiger partial charge in [-0.05, 0) is 36.4 Å². The summed E-state index contributed by atoms with van der Waals surface area (Å²) in [7, 11) is 1.42. The topological polar surface area (TPSA) is 68.7 Å². The molecule has 23 heavy (non-hydrogen) atoms. The number of rotatable bonds is 5. The normalized spacial score (nSPS) is 11.1. The fourth-order valence-electron chi connectivity index (χ4n) is 1.93. The Morgan fingerprint density at radius 1 is 1.17 bits per heavy atom. The Morgan fingerprint density at radius 3 is 2.35 bits per heavy atom. The van der Waals surface area contributed by atoms with E-state index in [1.807, 2.05) is 0 Å². The summed E-state index contributed by atoms with van der Waals surface area (Å²) in [6.45, 7) is 0. The van der Waals surface area contributed by atoms with Gasteiger partial charge in [0, 0.05) is 5.56 Å². The van der Waals surface area contributed by atoms with Crippen molar-refractivity contribution in [3.05, 3.63) is 42.1 Å². The average Bonchev–Trinajstić information content (AvgIpc) is 2.46. The highest BCUT2D eigenvalue weighted by molar-refractivity contribution is 5.71. The lowest BCUT2D eigenvalue weighted by Gasteiger charge is -2.11. The molecule has 2 aromatic rings. The van der Waals surface area contributed by atoms with Gasteiger partial charge < -0.3 is 14.6 Å². The fourth-order valence-corrected chi connectivity index (χ4v) is 1.93. The Morgan fingerprint density at radius 2 is 1.83 bits per heavy atom. The number of hydrogen-bond acceptors (Lipinski definition) is 4.